The van der Waals surface area contributed by atoms with Crippen LogP contribution >= 0.6 is 0 Å². The molecule has 4 heteroatoms. The highest BCUT2D eigenvalue weighted by molar-refractivity contribution is 5.95. The highest BCUT2D eigenvalue weighted by Crippen LogP contribution is 2.26. The Labute approximate surface area is 118 Å². The Morgan fingerprint density at radius 1 is 1.25 bits per heavy atom. The van der Waals surface area contributed by atoms with E-state index in [1.165, 1.54) is 12.8 Å². The fraction of sp³-hybridized carbons (Fsp3) is 0.500. The lowest BCUT2D eigenvalue weighted by molar-refractivity contribution is -0.141. The third-order valence-corrected chi connectivity index (χ3v) is 4.39. The van der Waals surface area contributed by atoms with Crippen molar-refractivity contribution in [3.63, 3.8) is 0 Å². The molecule has 0 bridgehead atoms. The lowest BCUT2D eigenvalue weighted by Crippen LogP contribution is -2.46. The molecule has 0 aromatic heterocycles. The van der Waals surface area contributed by atoms with Crippen molar-refractivity contribution >= 4 is 11.9 Å². The van der Waals surface area contributed by atoms with Gasteiger partial charge in [-0.05, 0) is 24.5 Å². The summed E-state index contributed by atoms with van der Waals surface area (Å²) in [6.45, 7) is 0. The van der Waals surface area contributed by atoms with Crippen LogP contribution in [0.1, 0.15) is 41.6 Å². The number of hydrogen-bond acceptors (Lipinski definition) is 3. The van der Waals surface area contributed by atoms with E-state index in [4.69, 9.17) is 4.74 Å². The second-order valence-electron chi connectivity index (χ2n) is 5.64. The standard InChI is InChI=1S/C16H19NO3/c1-17(12-7-3-4-8-12)15(18)14-10-11-6-2-5-9-13(11)16(19)20-14/h2,5-6,9,12,14H,3-4,7-8,10H2,1H3. The van der Waals surface area contributed by atoms with Crippen LogP contribution in [0.15, 0.2) is 24.3 Å². The minimum atomic E-state index is -0.664. The van der Waals surface area contributed by atoms with Gasteiger partial charge in [-0.2, -0.15) is 0 Å². The minimum Gasteiger partial charge on any atom is -0.448 e. The number of rotatable bonds is 2. The SMILES string of the molecule is CN(C(=O)C1Cc2ccccc2C(=O)O1)C1CCCC1. The molecule has 1 unspecified atom stereocenters. The van der Waals surface area contributed by atoms with E-state index in [2.05, 4.69) is 0 Å². The zero-order valence-corrected chi connectivity index (χ0v) is 11.7. The van der Waals surface area contributed by atoms with E-state index < -0.39 is 6.10 Å². The van der Waals surface area contributed by atoms with E-state index in [-0.39, 0.29) is 11.9 Å². The Morgan fingerprint density at radius 2 is 1.95 bits per heavy atom. The van der Waals surface area contributed by atoms with Crippen molar-refractivity contribution in [1.29, 1.82) is 0 Å². The predicted molar refractivity (Wildman–Crippen MR) is 74.4 cm³/mol. The number of ether oxygens (including phenoxy) is 1. The minimum absolute atomic E-state index is 0.0697. The van der Waals surface area contributed by atoms with Gasteiger partial charge in [-0.25, -0.2) is 4.79 Å². The van der Waals surface area contributed by atoms with Gasteiger partial charge in [0.25, 0.3) is 5.91 Å². The number of fused-ring (bicyclic) bond motifs is 1. The van der Waals surface area contributed by atoms with Gasteiger partial charge in [0.15, 0.2) is 6.10 Å². The molecular weight excluding hydrogens is 254 g/mol. The number of benzene rings is 1. The Hall–Kier alpha value is -1.84. The first-order valence-corrected chi connectivity index (χ1v) is 7.22. The number of nitrogens with zero attached hydrogens (tertiary/aromatic N) is 1. The van der Waals surface area contributed by atoms with E-state index >= 15 is 0 Å². The molecule has 1 saturated carbocycles. The normalized spacial score (nSPS) is 22.2. The molecule has 0 spiro atoms. The van der Waals surface area contributed by atoms with Crippen LogP contribution < -0.4 is 0 Å². The molecule has 1 fully saturated rings. The van der Waals surface area contributed by atoms with E-state index in [0.29, 0.717) is 18.0 Å². The van der Waals surface area contributed by atoms with Crippen molar-refractivity contribution in [2.75, 3.05) is 7.05 Å². The largest absolute Gasteiger partial charge is 0.448 e. The van der Waals surface area contributed by atoms with E-state index in [9.17, 15) is 9.59 Å². The number of cyclic esters (lactones) is 1. The van der Waals surface area contributed by atoms with Crippen molar-refractivity contribution in [3.05, 3.63) is 35.4 Å². The lowest BCUT2D eigenvalue weighted by Gasteiger charge is -2.30. The number of hydrogen-bond donors (Lipinski definition) is 0. The summed E-state index contributed by atoms with van der Waals surface area (Å²) >= 11 is 0. The Balaban J connectivity index is 1.75. The number of esters is 1. The Bertz CT molecular complexity index is 534. The summed E-state index contributed by atoms with van der Waals surface area (Å²) in [6.07, 6.45) is 4.28. The van der Waals surface area contributed by atoms with Gasteiger partial charge in [0, 0.05) is 19.5 Å². The quantitative estimate of drug-likeness (QED) is 0.776. The second kappa shape index (κ2) is 5.27. The number of likely N-dealkylation sites (N-methyl/N-ethyl adjacent to an activating group) is 1. The van der Waals surface area contributed by atoms with Gasteiger partial charge in [0.05, 0.1) is 5.56 Å². The fourth-order valence-electron chi connectivity index (χ4n) is 3.17. The van der Waals surface area contributed by atoms with Gasteiger partial charge >= 0.3 is 5.97 Å². The average Bonchev–Trinajstić information content (AvgIpc) is 3.00. The molecule has 20 heavy (non-hydrogen) atoms. The molecule has 1 aromatic rings. The fourth-order valence-corrected chi connectivity index (χ4v) is 3.17. The van der Waals surface area contributed by atoms with E-state index in [0.717, 1.165) is 18.4 Å². The first-order valence-electron chi connectivity index (χ1n) is 7.22. The third kappa shape index (κ3) is 2.30. The summed E-state index contributed by atoms with van der Waals surface area (Å²) in [5, 5.41) is 0. The summed E-state index contributed by atoms with van der Waals surface area (Å²) < 4.78 is 5.33. The first-order chi connectivity index (χ1) is 9.66. The van der Waals surface area contributed by atoms with Gasteiger partial charge in [-0.15, -0.1) is 0 Å². The molecule has 1 aromatic carbocycles. The second-order valence-corrected chi connectivity index (χ2v) is 5.64. The molecule has 1 amide bonds. The van der Waals surface area contributed by atoms with Crippen LogP contribution in [0.25, 0.3) is 0 Å². The zero-order valence-electron chi connectivity index (χ0n) is 11.7. The van der Waals surface area contributed by atoms with E-state index in [1.807, 2.05) is 25.2 Å². The van der Waals surface area contributed by atoms with Crippen molar-refractivity contribution in [2.45, 2.75) is 44.2 Å². The summed E-state index contributed by atoms with van der Waals surface area (Å²) in [5.74, 6) is -0.454. The molecule has 0 N–H and O–H groups in total. The van der Waals surface area contributed by atoms with Gasteiger partial charge in [-0.1, -0.05) is 31.0 Å². The highest BCUT2D eigenvalue weighted by atomic mass is 16.5. The van der Waals surface area contributed by atoms with Crippen LogP contribution in [0.4, 0.5) is 0 Å². The van der Waals surface area contributed by atoms with Crippen LogP contribution in [0, 0.1) is 0 Å². The number of carbonyl (C=O) groups is 2. The summed E-state index contributed by atoms with van der Waals surface area (Å²) in [6, 6.07) is 7.65. The molecule has 106 valence electrons. The van der Waals surface area contributed by atoms with Gasteiger partial charge < -0.3 is 9.64 Å². The molecule has 0 saturated heterocycles. The van der Waals surface area contributed by atoms with Crippen LogP contribution in [-0.4, -0.2) is 36.0 Å². The maximum atomic E-state index is 12.5. The molecule has 1 aliphatic heterocycles. The van der Waals surface area contributed by atoms with Crippen molar-refractivity contribution < 1.29 is 14.3 Å². The molecule has 0 radical (unpaired) electrons. The smallest absolute Gasteiger partial charge is 0.339 e. The third-order valence-electron chi connectivity index (χ3n) is 4.39. The molecule has 3 rings (SSSR count). The van der Waals surface area contributed by atoms with Crippen molar-refractivity contribution in [3.8, 4) is 0 Å². The monoisotopic (exact) mass is 273 g/mol. The maximum Gasteiger partial charge on any atom is 0.339 e. The van der Waals surface area contributed by atoms with Gasteiger partial charge in [0.2, 0.25) is 0 Å². The number of amides is 1. The Morgan fingerprint density at radius 3 is 2.70 bits per heavy atom. The molecule has 4 nitrogen and oxygen atoms in total. The van der Waals surface area contributed by atoms with Crippen molar-refractivity contribution in [2.24, 2.45) is 0 Å². The summed E-state index contributed by atoms with van der Waals surface area (Å²) in [7, 11) is 1.83. The van der Waals surface area contributed by atoms with Crippen LogP contribution in [-0.2, 0) is 16.0 Å². The maximum absolute atomic E-state index is 12.5. The summed E-state index contributed by atoms with van der Waals surface area (Å²) in [5.41, 5.74) is 1.49. The van der Waals surface area contributed by atoms with Gasteiger partial charge in [-0.3, -0.25) is 4.79 Å². The molecule has 1 atom stereocenters. The molecule has 1 aliphatic carbocycles. The predicted octanol–water partition coefficient (Wildman–Crippen LogP) is 2.17. The number of carbonyl (C=O) groups excluding carboxylic acids is 2. The lowest BCUT2D eigenvalue weighted by atomic mass is 9.98. The highest BCUT2D eigenvalue weighted by Gasteiger charge is 2.35. The van der Waals surface area contributed by atoms with Crippen LogP contribution in [0.3, 0.4) is 0 Å². The molecule has 1 heterocycles. The van der Waals surface area contributed by atoms with Crippen molar-refractivity contribution in [1.82, 2.24) is 4.90 Å². The van der Waals surface area contributed by atoms with E-state index in [1.54, 1.807) is 11.0 Å². The first kappa shape index (κ1) is 13.2. The topological polar surface area (TPSA) is 46.6 Å². The molecular formula is C16H19NO3. The van der Waals surface area contributed by atoms with Crippen LogP contribution in [0.2, 0.25) is 0 Å². The molecule has 2 aliphatic rings. The van der Waals surface area contributed by atoms with Gasteiger partial charge in [0.1, 0.15) is 0 Å². The van der Waals surface area contributed by atoms with Crippen LogP contribution in [0.5, 0.6) is 0 Å². The average molecular weight is 273 g/mol. The Kier molecular flexibility index (Phi) is 3.47. The summed E-state index contributed by atoms with van der Waals surface area (Å²) in [4.78, 5) is 26.2. The zero-order chi connectivity index (χ0) is 14.1.